The number of hydrogen-bond donors (Lipinski definition) is 1. The standard InChI is InChI=1S/C14H20O2/c1-5-9(2)11-7-6-10-8-14(3,16-4)12(10)13(11)15/h6-7,9,15H,5,8H2,1-4H3. The zero-order valence-corrected chi connectivity index (χ0v) is 10.5. The maximum atomic E-state index is 10.3. The van der Waals surface area contributed by atoms with Crippen LogP contribution in [0.5, 0.6) is 5.75 Å². The van der Waals surface area contributed by atoms with Crippen molar-refractivity contribution >= 4 is 0 Å². The summed E-state index contributed by atoms with van der Waals surface area (Å²) in [6, 6.07) is 4.18. The summed E-state index contributed by atoms with van der Waals surface area (Å²) in [6.45, 7) is 6.32. The SMILES string of the molecule is CCC(C)c1ccc2c(c1O)C(C)(OC)C2. The van der Waals surface area contributed by atoms with Crippen molar-refractivity contribution in [2.45, 2.75) is 45.1 Å². The van der Waals surface area contributed by atoms with E-state index in [0.717, 1.165) is 24.0 Å². The molecule has 2 rings (SSSR count). The smallest absolute Gasteiger partial charge is 0.125 e. The van der Waals surface area contributed by atoms with Crippen LogP contribution in [-0.4, -0.2) is 12.2 Å². The summed E-state index contributed by atoms with van der Waals surface area (Å²) in [7, 11) is 1.71. The van der Waals surface area contributed by atoms with Gasteiger partial charge in [-0.2, -0.15) is 0 Å². The molecular weight excluding hydrogens is 200 g/mol. The number of benzene rings is 1. The summed E-state index contributed by atoms with van der Waals surface area (Å²) in [5.41, 5.74) is 2.97. The van der Waals surface area contributed by atoms with Gasteiger partial charge in [-0.3, -0.25) is 0 Å². The van der Waals surface area contributed by atoms with Crippen LogP contribution in [0.4, 0.5) is 0 Å². The summed E-state index contributed by atoms with van der Waals surface area (Å²) in [6.07, 6.45) is 1.93. The quantitative estimate of drug-likeness (QED) is 0.846. The minimum Gasteiger partial charge on any atom is -0.507 e. The monoisotopic (exact) mass is 220 g/mol. The molecule has 2 atom stereocenters. The third-order valence-corrected chi connectivity index (χ3v) is 3.95. The van der Waals surface area contributed by atoms with Gasteiger partial charge in [0.15, 0.2) is 0 Å². The normalized spacial score (nSPS) is 24.8. The van der Waals surface area contributed by atoms with Crippen LogP contribution in [0, 0.1) is 0 Å². The van der Waals surface area contributed by atoms with Gasteiger partial charge in [-0.05, 0) is 30.4 Å². The van der Waals surface area contributed by atoms with E-state index in [1.807, 2.05) is 6.92 Å². The molecule has 2 heteroatoms. The number of rotatable bonds is 3. The summed E-state index contributed by atoms with van der Waals surface area (Å²) < 4.78 is 5.49. The molecule has 0 bridgehead atoms. The Bertz CT molecular complexity index is 411. The highest BCUT2D eigenvalue weighted by molar-refractivity contribution is 5.55. The maximum Gasteiger partial charge on any atom is 0.125 e. The Hall–Kier alpha value is -1.02. The van der Waals surface area contributed by atoms with E-state index in [9.17, 15) is 5.11 Å². The van der Waals surface area contributed by atoms with Crippen molar-refractivity contribution in [3.8, 4) is 5.75 Å². The number of ether oxygens (including phenoxy) is 1. The van der Waals surface area contributed by atoms with Crippen molar-refractivity contribution in [3.63, 3.8) is 0 Å². The fourth-order valence-electron chi connectivity index (χ4n) is 2.52. The van der Waals surface area contributed by atoms with E-state index >= 15 is 0 Å². The Morgan fingerprint density at radius 1 is 1.50 bits per heavy atom. The van der Waals surface area contributed by atoms with Crippen molar-refractivity contribution in [3.05, 3.63) is 28.8 Å². The summed E-state index contributed by atoms with van der Waals surface area (Å²) in [5, 5.41) is 10.3. The van der Waals surface area contributed by atoms with Crippen molar-refractivity contribution in [2.75, 3.05) is 7.11 Å². The number of phenols is 1. The van der Waals surface area contributed by atoms with Gasteiger partial charge in [0, 0.05) is 19.1 Å². The van der Waals surface area contributed by atoms with Gasteiger partial charge in [0.25, 0.3) is 0 Å². The lowest BCUT2D eigenvalue weighted by Gasteiger charge is -2.41. The highest BCUT2D eigenvalue weighted by atomic mass is 16.5. The van der Waals surface area contributed by atoms with E-state index in [1.54, 1.807) is 7.11 Å². The molecule has 1 N–H and O–H groups in total. The highest BCUT2D eigenvalue weighted by Gasteiger charge is 2.42. The minimum absolute atomic E-state index is 0.289. The van der Waals surface area contributed by atoms with Gasteiger partial charge >= 0.3 is 0 Å². The second-order valence-corrected chi connectivity index (χ2v) is 4.96. The molecule has 0 spiro atoms. The van der Waals surface area contributed by atoms with Crippen LogP contribution < -0.4 is 0 Å². The first-order valence-electron chi connectivity index (χ1n) is 5.94. The molecule has 1 aromatic carbocycles. The Labute approximate surface area is 97.3 Å². The van der Waals surface area contributed by atoms with Crippen LogP contribution >= 0.6 is 0 Å². The average molecular weight is 220 g/mol. The summed E-state index contributed by atoms with van der Waals surface area (Å²) in [5.74, 6) is 0.842. The molecule has 0 aromatic heterocycles. The fourth-order valence-corrected chi connectivity index (χ4v) is 2.52. The molecule has 0 radical (unpaired) electrons. The molecule has 0 amide bonds. The maximum absolute atomic E-state index is 10.3. The van der Waals surface area contributed by atoms with Crippen molar-refractivity contribution in [2.24, 2.45) is 0 Å². The first kappa shape index (κ1) is 11.5. The van der Waals surface area contributed by atoms with Gasteiger partial charge in [-0.15, -0.1) is 0 Å². The van der Waals surface area contributed by atoms with E-state index in [1.165, 1.54) is 5.56 Å². The van der Waals surface area contributed by atoms with Crippen molar-refractivity contribution in [1.29, 1.82) is 0 Å². The molecule has 0 heterocycles. The number of aromatic hydroxyl groups is 1. The molecule has 0 aliphatic heterocycles. The third-order valence-electron chi connectivity index (χ3n) is 3.95. The molecule has 1 aliphatic rings. The van der Waals surface area contributed by atoms with E-state index < -0.39 is 0 Å². The van der Waals surface area contributed by atoms with Gasteiger partial charge < -0.3 is 9.84 Å². The molecule has 0 saturated carbocycles. The molecule has 16 heavy (non-hydrogen) atoms. The van der Waals surface area contributed by atoms with E-state index in [4.69, 9.17) is 4.74 Å². The Morgan fingerprint density at radius 2 is 2.19 bits per heavy atom. The molecule has 1 aliphatic carbocycles. The van der Waals surface area contributed by atoms with Crippen LogP contribution in [0.1, 0.15) is 49.8 Å². The predicted molar refractivity (Wildman–Crippen MR) is 64.9 cm³/mol. The van der Waals surface area contributed by atoms with Crippen LogP contribution in [0.15, 0.2) is 12.1 Å². The van der Waals surface area contributed by atoms with E-state index in [0.29, 0.717) is 11.7 Å². The van der Waals surface area contributed by atoms with Crippen LogP contribution in [-0.2, 0) is 16.8 Å². The lowest BCUT2D eigenvalue weighted by molar-refractivity contribution is -0.0204. The second-order valence-electron chi connectivity index (χ2n) is 4.96. The number of hydrogen-bond acceptors (Lipinski definition) is 2. The Balaban J connectivity index is 2.48. The van der Waals surface area contributed by atoms with Gasteiger partial charge in [-0.25, -0.2) is 0 Å². The zero-order chi connectivity index (χ0) is 11.9. The molecule has 2 nitrogen and oxygen atoms in total. The molecular formula is C14H20O2. The minimum atomic E-state index is -0.289. The summed E-state index contributed by atoms with van der Waals surface area (Å²) in [4.78, 5) is 0. The Morgan fingerprint density at radius 3 is 2.75 bits per heavy atom. The van der Waals surface area contributed by atoms with Gasteiger partial charge in [0.1, 0.15) is 5.75 Å². The predicted octanol–water partition coefficient (Wildman–Crippen LogP) is 3.32. The molecule has 0 saturated heterocycles. The molecule has 2 unspecified atom stereocenters. The van der Waals surface area contributed by atoms with Crippen LogP contribution in [0.2, 0.25) is 0 Å². The van der Waals surface area contributed by atoms with E-state index in [2.05, 4.69) is 26.0 Å². The van der Waals surface area contributed by atoms with Gasteiger partial charge in [0.2, 0.25) is 0 Å². The summed E-state index contributed by atoms with van der Waals surface area (Å²) >= 11 is 0. The lowest BCUT2D eigenvalue weighted by atomic mass is 9.72. The highest BCUT2D eigenvalue weighted by Crippen LogP contribution is 2.49. The first-order valence-corrected chi connectivity index (χ1v) is 5.94. The molecule has 0 fully saturated rings. The van der Waals surface area contributed by atoms with Crippen molar-refractivity contribution in [1.82, 2.24) is 0 Å². The largest absolute Gasteiger partial charge is 0.507 e. The molecule has 88 valence electrons. The third kappa shape index (κ3) is 1.44. The number of phenolic OH excluding ortho intramolecular Hbond substituents is 1. The van der Waals surface area contributed by atoms with Crippen LogP contribution in [0.25, 0.3) is 0 Å². The molecule has 1 aromatic rings. The number of fused-ring (bicyclic) bond motifs is 1. The van der Waals surface area contributed by atoms with Crippen LogP contribution in [0.3, 0.4) is 0 Å². The van der Waals surface area contributed by atoms with Gasteiger partial charge in [-0.1, -0.05) is 26.0 Å². The van der Waals surface area contributed by atoms with E-state index in [-0.39, 0.29) is 5.60 Å². The van der Waals surface area contributed by atoms with Crippen molar-refractivity contribution < 1.29 is 9.84 Å². The zero-order valence-electron chi connectivity index (χ0n) is 10.5. The fraction of sp³-hybridized carbons (Fsp3) is 0.571. The average Bonchev–Trinajstić information content (AvgIpc) is 2.26. The Kier molecular flexibility index (Phi) is 2.70. The second kappa shape index (κ2) is 3.77. The number of methoxy groups -OCH3 is 1. The lowest BCUT2D eigenvalue weighted by Crippen LogP contribution is -2.37. The van der Waals surface area contributed by atoms with Gasteiger partial charge in [0.05, 0.1) is 5.60 Å². The topological polar surface area (TPSA) is 29.5 Å². The first-order chi connectivity index (χ1) is 7.53.